The molecular formula is C21H15ClN2O3. The molecule has 0 saturated heterocycles. The van der Waals surface area contributed by atoms with Crippen LogP contribution in [0.3, 0.4) is 0 Å². The van der Waals surface area contributed by atoms with E-state index in [4.69, 9.17) is 21.1 Å². The summed E-state index contributed by atoms with van der Waals surface area (Å²) in [6.45, 7) is 0. The molecular weight excluding hydrogens is 364 g/mol. The summed E-state index contributed by atoms with van der Waals surface area (Å²) in [5.41, 5.74) is 0.967. The molecule has 0 spiro atoms. The standard InChI is InChI=1S/C21H15ClN2O3/c1-26-16-10-12-17(13-11-16)27-21-23-19-5-3-2-4-18(19)20(25)24(21)15-8-6-14(22)7-9-15/h2-13H,1H3. The number of halogens is 1. The number of rotatable bonds is 4. The van der Waals surface area contributed by atoms with Crippen molar-refractivity contribution < 1.29 is 9.47 Å². The summed E-state index contributed by atoms with van der Waals surface area (Å²) in [6, 6.07) is 21.3. The van der Waals surface area contributed by atoms with Gasteiger partial charge in [0.15, 0.2) is 0 Å². The van der Waals surface area contributed by atoms with E-state index in [0.29, 0.717) is 33.1 Å². The zero-order valence-corrected chi connectivity index (χ0v) is 15.2. The molecule has 3 aromatic carbocycles. The van der Waals surface area contributed by atoms with Gasteiger partial charge in [0.1, 0.15) is 11.5 Å². The number of benzene rings is 3. The van der Waals surface area contributed by atoms with Gasteiger partial charge in [-0.05, 0) is 60.7 Å². The summed E-state index contributed by atoms with van der Waals surface area (Å²) < 4.78 is 12.5. The smallest absolute Gasteiger partial charge is 0.310 e. The van der Waals surface area contributed by atoms with Crippen LogP contribution >= 0.6 is 11.6 Å². The normalized spacial score (nSPS) is 10.7. The number of nitrogens with zero attached hydrogens (tertiary/aromatic N) is 2. The summed E-state index contributed by atoms with van der Waals surface area (Å²) in [5.74, 6) is 1.25. The largest absolute Gasteiger partial charge is 0.497 e. The van der Waals surface area contributed by atoms with E-state index in [9.17, 15) is 4.79 Å². The molecule has 0 aliphatic rings. The van der Waals surface area contributed by atoms with Gasteiger partial charge < -0.3 is 9.47 Å². The Hall–Kier alpha value is -3.31. The van der Waals surface area contributed by atoms with Crippen molar-refractivity contribution in [1.29, 1.82) is 0 Å². The molecule has 6 heteroatoms. The molecule has 5 nitrogen and oxygen atoms in total. The first-order chi connectivity index (χ1) is 13.2. The van der Waals surface area contributed by atoms with Gasteiger partial charge in [0.2, 0.25) is 0 Å². The average molecular weight is 379 g/mol. The van der Waals surface area contributed by atoms with Crippen molar-refractivity contribution in [2.24, 2.45) is 0 Å². The van der Waals surface area contributed by atoms with Crippen molar-refractivity contribution in [2.45, 2.75) is 0 Å². The topological polar surface area (TPSA) is 53.4 Å². The zero-order chi connectivity index (χ0) is 18.8. The van der Waals surface area contributed by atoms with Crippen molar-refractivity contribution in [3.05, 3.63) is 88.2 Å². The van der Waals surface area contributed by atoms with Gasteiger partial charge >= 0.3 is 6.01 Å². The predicted octanol–water partition coefficient (Wildman–Crippen LogP) is 4.84. The highest BCUT2D eigenvalue weighted by atomic mass is 35.5. The molecule has 0 fully saturated rings. The summed E-state index contributed by atoms with van der Waals surface area (Å²) in [4.78, 5) is 17.7. The molecule has 4 rings (SSSR count). The Bertz CT molecular complexity index is 1150. The predicted molar refractivity (Wildman–Crippen MR) is 105 cm³/mol. The minimum Gasteiger partial charge on any atom is -0.497 e. The minimum absolute atomic E-state index is 0.172. The highest BCUT2D eigenvalue weighted by Gasteiger charge is 2.14. The van der Waals surface area contributed by atoms with Crippen LogP contribution in [-0.4, -0.2) is 16.7 Å². The van der Waals surface area contributed by atoms with Crippen LogP contribution in [0.4, 0.5) is 0 Å². The average Bonchev–Trinajstić information content (AvgIpc) is 2.70. The number of hydrogen-bond acceptors (Lipinski definition) is 4. The second-order valence-electron chi connectivity index (χ2n) is 5.81. The third kappa shape index (κ3) is 3.37. The van der Waals surface area contributed by atoms with Gasteiger partial charge in [-0.1, -0.05) is 23.7 Å². The van der Waals surface area contributed by atoms with E-state index >= 15 is 0 Å². The molecule has 0 aliphatic carbocycles. The summed E-state index contributed by atoms with van der Waals surface area (Å²) in [6.07, 6.45) is 0. The van der Waals surface area contributed by atoms with Gasteiger partial charge in [-0.15, -0.1) is 0 Å². The van der Waals surface area contributed by atoms with Crippen molar-refractivity contribution in [3.63, 3.8) is 0 Å². The third-order valence-electron chi connectivity index (χ3n) is 4.10. The van der Waals surface area contributed by atoms with Gasteiger partial charge in [-0.25, -0.2) is 4.57 Å². The van der Waals surface area contributed by atoms with E-state index < -0.39 is 0 Å². The maximum atomic E-state index is 13.1. The molecule has 1 aromatic heterocycles. The van der Waals surface area contributed by atoms with Gasteiger partial charge in [0.25, 0.3) is 5.56 Å². The second-order valence-corrected chi connectivity index (χ2v) is 6.24. The fourth-order valence-electron chi connectivity index (χ4n) is 2.75. The van der Waals surface area contributed by atoms with E-state index in [1.807, 2.05) is 12.1 Å². The summed E-state index contributed by atoms with van der Waals surface area (Å²) in [5, 5.41) is 1.09. The first-order valence-electron chi connectivity index (χ1n) is 8.25. The number of hydrogen-bond donors (Lipinski definition) is 0. The highest BCUT2D eigenvalue weighted by molar-refractivity contribution is 6.30. The lowest BCUT2D eigenvalue weighted by atomic mass is 10.2. The minimum atomic E-state index is -0.216. The molecule has 134 valence electrons. The molecule has 27 heavy (non-hydrogen) atoms. The molecule has 0 atom stereocenters. The monoisotopic (exact) mass is 378 g/mol. The fraction of sp³-hybridized carbons (Fsp3) is 0.0476. The van der Waals surface area contributed by atoms with Gasteiger partial charge in [-0.3, -0.25) is 4.79 Å². The van der Waals surface area contributed by atoms with Gasteiger partial charge in [-0.2, -0.15) is 4.98 Å². The molecule has 0 amide bonds. The Kier molecular flexibility index (Phi) is 4.52. The number of aromatic nitrogens is 2. The number of para-hydroxylation sites is 1. The van der Waals surface area contributed by atoms with Crippen LogP contribution in [0.25, 0.3) is 16.6 Å². The molecule has 0 bridgehead atoms. The molecule has 0 unspecified atom stereocenters. The van der Waals surface area contributed by atoms with Gasteiger partial charge in [0.05, 0.1) is 23.7 Å². The van der Waals surface area contributed by atoms with Gasteiger partial charge in [0, 0.05) is 5.02 Å². The van der Waals surface area contributed by atoms with Crippen LogP contribution in [0.1, 0.15) is 0 Å². The van der Waals surface area contributed by atoms with Crippen LogP contribution in [0.2, 0.25) is 5.02 Å². The Morgan fingerprint density at radius 1 is 0.889 bits per heavy atom. The van der Waals surface area contributed by atoms with E-state index in [1.165, 1.54) is 4.57 Å². The first-order valence-corrected chi connectivity index (χ1v) is 8.63. The fourth-order valence-corrected chi connectivity index (χ4v) is 2.87. The Morgan fingerprint density at radius 2 is 1.56 bits per heavy atom. The second kappa shape index (κ2) is 7.13. The van der Waals surface area contributed by atoms with Crippen molar-refractivity contribution in [3.8, 4) is 23.2 Å². The molecule has 0 saturated carbocycles. The van der Waals surface area contributed by atoms with E-state index in [1.54, 1.807) is 67.8 Å². The molecule has 4 aromatic rings. The highest BCUT2D eigenvalue weighted by Crippen LogP contribution is 2.25. The Morgan fingerprint density at radius 3 is 2.26 bits per heavy atom. The van der Waals surface area contributed by atoms with Crippen molar-refractivity contribution in [2.75, 3.05) is 7.11 Å². The maximum Gasteiger partial charge on any atom is 0.310 e. The first kappa shape index (κ1) is 17.1. The number of fused-ring (bicyclic) bond motifs is 1. The van der Waals surface area contributed by atoms with E-state index in [2.05, 4.69) is 4.98 Å². The van der Waals surface area contributed by atoms with Crippen molar-refractivity contribution in [1.82, 2.24) is 9.55 Å². The molecule has 1 heterocycles. The molecule has 0 aliphatic heterocycles. The van der Waals surface area contributed by atoms with Crippen LogP contribution < -0.4 is 15.0 Å². The number of ether oxygens (including phenoxy) is 2. The lowest BCUT2D eigenvalue weighted by Crippen LogP contribution is -2.21. The van der Waals surface area contributed by atoms with Crippen LogP contribution in [0, 0.1) is 0 Å². The number of methoxy groups -OCH3 is 1. The lowest BCUT2D eigenvalue weighted by Gasteiger charge is -2.14. The maximum absolute atomic E-state index is 13.1. The molecule has 0 N–H and O–H groups in total. The van der Waals surface area contributed by atoms with Crippen LogP contribution in [0.15, 0.2) is 77.6 Å². The Labute approximate surface area is 160 Å². The van der Waals surface area contributed by atoms with Crippen molar-refractivity contribution >= 4 is 22.5 Å². The van der Waals surface area contributed by atoms with E-state index in [-0.39, 0.29) is 11.6 Å². The summed E-state index contributed by atoms with van der Waals surface area (Å²) in [7, 11) is 1.60. The van der Waals surface area contributed by atoms with Crippen LogP contribution in [0.5, 0.6) is 17.5 Å². The molecule has 0 radical (unpaired) electrons. The lowest BCUT2D eigenvalue weighted by molar-refractivity contribution is 0.408. The Balaban J connectivity index is 1.90. The third-order valence-corrected chi connectivity index (χ3v) is 4.35. The summed E-state index contributed by atoms with van der Waals surface area (Å²) >= 11 is 5.99. The zero-order valence-electron chi connectivity index (χ0n) is 14.4. The quantitative estimate of drug-likeness (QED) is 0.510. The van der Waals surface area contributed by atoms with E-state index in [0.717, 1.165) is 0 Å². The SMILES string of the molecule is COc1ccc(Oc2nc3ccccc3c(=O)n2-c2ccc(Cl)cc2)cc1. The van der Waals surface area contributed by atoms with Crippen LogP contribution in [-0.2, 0) is 0 Å².